The van der Waals surface area contributed by atoms with Gasteiger partial charge in [-0.1, -0.05) is 22.0 Å². The number of hydrogen-bond acceptors (Lipinski definition) is 3. The van der Waals surface area contributed by atoms with E-state index in [1.165, 1.54) is 22.4 Å². The van der Waals surface area contributed by atoms with Gasteiger partial charge in [-0.2, -0.15) is 0 Å². The lowest BCUT2D eigenvalue weighted by Gasteiger charge is -2.11. The van der Waals surface area contributed by atoms with Crippen molar-refractivity contribution in [1.29, 1.82) is 0 Å². The maximum atomic E-state index is 9.55. The van der Waals surface area contributed by atoms with Gasteiger partial charge >= 0.3 is 11.9 Å². The molecule has 1 atom stereocenters. The molecule has 0 aliphatic heterocycles. The van der Waals surface area contributed by atoms with E-state index in [4.69, 9.17) is 15.9 Å². The molecule has 0 radical (unpaired) electrons. The molecule has 2 aromatic rings. The zero-order valence-corrected chi connectivity index (χ0v) is 15.2. The van der Waals surface area contributed by atoms with Crippen molar-refractivity contribution in [2.75, 3.05) is 0 Å². The summed E-state index contributed by atoms with van der Waals surface area (Å²) in [5.41, 5.74) is 11.4. The lowest BCUT2D eigenvalue weighted by atomic mass is 10.1. The fraction of sp³-hybridized carbons (Fsp3) is 0.222. The van der Waals surface area contributed by atoms with Gasteiger partial charge < -0.3 is 20.5 Å². The van der Waals surface area contributed by atoms with Crippen LogP contribution in [0, 0.1) is 0 Å². The Bertz CT molecular complexity index is 808. The average Bonchev–Trinajstić information content (AvgIpc) is 3.05. The number of rotatable bonds is 4. The minimum Gasteiger partial charge on any atom is -0.478 e. The zero-order valence-electron chi connectivity index (χ0n) is 13.6. The number of nitrogens with zero attached hydrogens (tertiary/aromatic N) is 1. The van der Waals surface area contributed by atoms with Crippen molar-refractivity contribution < 1.29 is 19.8 Å². The molecule has 0 bridgehead atoms. The second-order valence-electron chi connectivity index (χ2n) is 5.81. The Kier molecular flexibility index (Phi) is 6.17. The number of carboxylic acid groups (broad SMARTS) is 2. The highest BCUT2D eigenvalue weighted by Gasteiger charge is 2.22. The largest absolute Gasteiger partial charge is 0.478 e. The van der Waals surface area contributed by atoms with Crippen LogP contribution in [0.25, 0.3) is 11.3 Å². The number of benzene rings is 1. The van der Waals surface area contributed by atoms with E-state index in [1.807, 2.05) is 6.92 Å². The zero-order chi connectivity index (χ0) is 18.6. The van der Waals surface area contributed by atoms with E-state index in [2.05, 4.69) is 51.0 Å². The molecule has 25 heavy (non-hydrogen) atoms. The van der Waals surface area contributed by atoms with Gasteiger partial charge in [0.25, 0.3) is 0 Å². The number of fused-ring (bicyclic) bond motifs is 3. The molecule has 0 saturated carbocycles. The standard InChI is InChI=1S/C14H15BrN2.C4H4O4/c1-9(16)8-17-5-4-11-6-10-2-3-12(15)7-13(10)14(11)17;5-3(6)1-2-4(7)8/h2-5,7,9H,6,8,16H2,1H3;1-2H,(H,5,6)(H,7,8)/t9-;/m0./s1. The van der Waals surface area contributed by atoms with E-state index in [0.717, 1.165) is 17.4 Å². The summed E-state index contributed by atoms with van der Waals surface area (Å²) in [5.74, 6) is -2.51. The van der Waals surface area contributed by atoms with Gasteiger partial charge in [0.2, 0.25) is 0 Å². The number of aliphatic carboxylic acids is 2. The minimum absolute atomic E-state index is 0.183. The Labute approximate surface area is 153 Å². The highest BCUT2D eigenvalue weighted by molar-refractivity contribution is 9.10. The molecule has 1 aromatic carbocycles. The molecule has 6 nitrogen and oxygen atoms in total. The second-order valence-corrected chi connectivity index (χ2v) is 6.72. The molecule has 7 heteroatoms. The summed E-state index contributed by atoms with van der Waals surface area (Å²) in [6, 6.07) is 8.92. The third kappa shape index (κ3) is 5.04. The van der Waals surface area contributed by atoms with Gasteiger partial charge in [-0.3, -0.25) is 0 Å². The van der Waals surface area contributed by atoms with Gasteiger partial charge in [0, 0.05) is 47.4 Å². The Hall–Kier alpha value is -2.38. The molecule has 1 aliphatic rings. The monoisotopic (exact) mass is 406 g/mol. The molecular formula is C18H19BrN2O4. The van der Waals surface area contributed by atoms with E-state index < -0.39 is 11.9 Å². The van der Waals surface area contributed by atoms with Crippen LogP contribution in [0.3, 0.4) is 0 Å². The van der Waals surface area contributed by atoms with Gasteiger partial charge in [-0.15, -0.1) is 0 Å². The summed E-state index contributed by atoms with van der Waals surface area (Å²) in [7, 11) is 0. The third-order valence-electron chi connectivity index (χ3n) is 3.61. The van der Waals surface area contributed by atoms with Crippen molar-refractivity contribution in [3.05, 3.63) is 58.2 Å². The number of carbonyl (C=O) groups is 2. The Morgan fingerprint density at radius 3 is 2.44 bits per heavy atom. The highest BCUT2D eigenvalue weighted by atomic mass is 79.9. The quantitative estimate of drug-likeness (QED) is 0.577. The molecule has 1 aromatic heterocycles. The van der Waals surface area contributed by atoms with Crippen molar-refractivity contribution in [2.45, 2.75) is 25.9 Å². The van der Waals surface area contributed by atoms with Gasteiger partial charge in [0.15, 0.2) is 0 Å². The summed E-state index contributed by atoms with van der Waals surface area (Å²) >= 11 is 3.55. The van der Waals surface area contributed by atoms with Gasteiger partial charge in [0.1, 0.15) is 0 Å². The normalized spacial score (nSPS) is 12.9. The second kappa shape index (κ2) is 8.13. The number of nitrogens with two attached hydrogens (primary N) is 1. The lowest BCUT2D eigenvalue weighted by Crippen LogP contribution is -2.22. The minimum atomic E-state index is -1.26. The SMILES string of the molecule is C[C@H](N)Cn1ccc2c1-c1cc(Br)ccc1C2.O=C(O)C=CC(=O)O. The van der Waals surface area contributed by atoms with Crippen LogP contribution in [0.1, 0.15) is 18.1 Å². The van der Waals surface area contributed by atoms with E-state index in [9.17, 15) is 9.59 Å². The van der Waals surface area contributed by atoms with Crippen molar-refractivity contribution in [1.82, 2.24) is 4.57 Å². The van der Waals surface area contributed by atoms with Crippen molar-refractivity contribution >= 4 is 27.9 Å². The maximum absolute atomic E-state index is 9.55. The van der Waals surface area contributed by atoms with Crippen LogP contribution in [-0.2, 0) is 22.6 Å². The molecule has 0 spiro atoms. The van der Waals surface area contributed by atoms with E-state index in [1.54, 1.807) is 0 Å². The van der Waals surface area contributed by atoms with E-state index in [0.29, 0.717) is 12.2 Å². The first-order chi connectivity index (χ1) is 11.8. The first kappa shape index (κ1) is 19.0. The predicted octanol–water partition coefficient (Wildman–Crippen LogP) is 2.88. The Morgan fingerprint density at radius 2 is 1.88 bits per heavy atom. The topological polar surface area (TPSA) is 106 Å². The summed E-state index contributed by atoms with van der Waals surface area (Å²) in [5, 5.41) is 15.6. The summed E-state index contributed by atoms with van der Waals surface area (Å²) < 4.78 is 3.41. The molecule has 1 heterocycles. The van der Waals surface area contributed by atoms with Gasteiger partial charge in [0.05, 0.1) is 5.69 Å². The Morgan fingerprint density at radius 1 is 1.24 bits per heavy atom. The number of halogens is 1. The lowest BCUT2D eigenvalue weighted by molar-refractivity contribution is -0.134. The number of aromatic nitrogens is 1. The van der Waals surface area contributed by atoms with Gasteiger partial charge in [-0.05, 0) is 36.2 Å². The van der Waals surface area contributed by atoms with Crippen LogP contribution in [-0.4, -0.2) is 32.8 Å². The third-order valence-corrected chi connectivity index (χ3v) is 4.10. The molecule has 0 unspecified atom stereocenters. The summed E-state index contributed by atoms with van der Waals surface area (Å²) in [4.78, 5) is 19.1. The van der Waals surface area contributed by atoms with Crippen LogP contribution in [0.15, 0.2) is 47.1 Å². The van der Waals surface area contributed by atoms with Crippen LogP contribution in [0.5, 0.6) is 0 Å². The van der Waals surface area contributed by atoms with Crippen molar-refractivity contribution in [2.24, 2.45) is 5.73 Å². The summed E-state index contributed by atoms with van der Waals surface area (Å²) in [6.45, 7) is 2.92. The van der Waals surface area contributed by atoms with E-state index in [-0.39, 0.29) is 6.04 Å². The fourth-order valence-corrected chi connectivity index (χ4v) is 3.08. The Balaban J connectivity index is 0.000000242. The predicted molar refractivity (Wildman–Crippen MR) is 98.4 cm³/mol. The molecule has 3 rings (SSSR count). The molecular weight excluding hydrogens is 388 g/mol. The molecule has 0 amide bonds. The maximum Gasteiger partial charge on any atom is 0.328 e. The van der Waals surface area contributed by atoms with Crippen molar-refractivity contribution in [3.8, 4) is 11.3 Å². The van der Waals surface area contributed by atoms with E-state index >= 15 is 0 Å². The summed E-state index contributed by atoms with van der Waals surface area (Å²) in [6.07, 6.45) is 4.31. The van der Waals surface area contributed by atoms with Crippen LogP contribution < -0.4 is 5.73 Å². The number of hydrogen-bond donors (Lipinski definition) is 3. The first-order valence-electron chi connectivity index (χ1n) is 7.64. The van der Waals surface area contributed by atoms with Crippen molar-refractivity contribution in [3.63, 3.8) is 0 Å². The smallest absolute Gasteiger partial charge is 0.328 e. The van der Waals surface area contributed by atoms with Gasteiger partial charge in [-0.25, -0.2) is 9.59 Å². The van der Waals surface area contributed by atoms with Crippen LogP contribution in [0.2, 0.25) is 0 Å². The molecule has 4 N–H and O–H groups in total. The average molecular weight is 407 g/mol. The highest BCUT2D eigenvalue weighted by Crippen LogP contribution is 2.38. The number of carboxylic acids is 2. The molecule has 0 fully saturated rings. The molecule has 132 valence electrons. The van der Waals surface area contributed by atoms with Crippen LogP contribution >= 0.6 is 15.9 Å². The van der Waals surface area contributed by atoms with Crippen LogP contribution in [0.4, 0.5) is 0 Å². The fourth-order valence-electron chi connectivity index (χ4n) is 2.72. The molecule has 1 aliphatic carbocycles. The first-order valence-corrected chi connectivity index (χ1v) is 8.43. The molecule has 0 saturated heterocycles.